The molecule has 0 spiro atoms. The minimum Gasteiger partial charge on any atom is -0.471 e. The molecule has 3 aliphatic heterocycles. The van der Waals surface area contributed by atoms with E-state index in [1.165, 1.54) is 13.0 Å². The predicted octanol–water partition coefficient (Wildman–Crippen LogP) is -4.41. The number of hydrogen-bond acceptors (Lipinski definition) is 15. The Bertz CT molecular complexity index is 907. The molecule has 4 aliphatic rings. The van der Waals surface area contributed by atoms with Crippen molar-refractivity contribution in [3.05, 3.63) is 23.5 Å². The molecule has 3 heterocycles. The van der Waals surface area contributed by atoms with E-state index in [1.54, 1.807) is 0 Å². The molecule has 1 aliphatic carbocycles. The molecule has 0 aromatic rings. The summed E-state index contributed by atoms with van der Waals surface area (Å²) in [4.78, 5) is 12.4. The van der Waals surface area contributed by atoms with E-state index in [0.29, 0.717) is 5.57 Å². The van der Waals surface area contributed by atoms with Crippen molar-refractivity contribution in [2.24, 2.45) is 11.8 Å². The highest BCUT2D eigenvalue weighted by Gasteiger charge is 2.52. The van der Waals surface area contributed by atoms with Crippen molar-refractivity contribution in [1.29, 1.82) is 0 Å². The molecular weight excluding hydrogens is 516 g/mol. The van der Waals surface area contributed by atoms with Crippen molar-refractivity contribution in [3.63, 3.8) is 0 Å². The molecule has 0 aromatic heterocycles. The Hall–Kier alpha value is -1.73. The maximum absolute atomic E-state index is 12.4. The Balaban J connectivity index is 1.55. The molecule has 8 N–H and O–H groups in total. The van der Waals surface area contributed by atoms with Crippen LogP contribution in [0.4, 0.5) is 0 Å². The van der Waals surface area contributed by atoms with Crippen molar-refractivity contribution >= 4 is 5.97 Å². The number of aliphatic hydroxyl groups excluding tert-OH is 8. The van der Waals surface area contributed by atoms with E-state index in [4.69, 9.17) is 28.4 Å². The van der Waals surface area contributed by atoms with Gasteiger partial charge in [0.15, 0.2) is 12.6 Å². The molecular formula is C23H34O15. The van der Waals surface area contributed by atoms with E-state index >= 15 is 0 Å². The van der Waals surface area contributed by atoms with Gasteiger partial charge in [-0.25, -0.2) is 4.79 Å². The van der Waals surface area contributed by atoms with Gasteiger partial charge in [0.2, 0.25) is 6.29 Å². The second kappa shape index (κ2) is 11.8. The van der Waals surface area contributed by atoms with Crippen LogP contribution in [0, 0.1) is 11.8 Å². The monoisotopic (exact) mass is 550 g/mol. The van der Waals surface area contributed by atoms with Crippen molar-refractivity contribution in [1.82, 2.24) is 0 Å². The van der Waals surface area contributed by atoms with Crippen LogP contribution in [0.25, 0.3) is 0 Å². The fourth-order valence-corrected chi connectivity index (χ4v) is 5.11. The third-order valence-electron chi connectivity index (χ3n) is 7.31. The van der Waals surface area contributed by atoms with E-state index in [9.17, 15) is 45.6 Å². The lowest BCUT2D eigenvalue weighted by Gasteiger charge is -2.43. The van der Waals surface area contributed by atoms with Crippen molar-refractivity contribution < 1.29 is 74.1 Å². The second-order valence-corrected chi connectivity index (χ2v) is 9.68. The SMILES string of the molecule is COC(=O)C1=CO[C@@H](O[C@@H]2O[C@H](CO)[C@@H](O)[C@H](O)[C@H]2O)[C@H]2C(CO[C@@H]3O[C@@H](C)[C@H](O)[C@@H](O)[C@H]3O)=C[C@@H](O)[C@@H]12. The molecule has 38 heavy (non-hydrogen) atoms. The van der Waals surface area contributed by atoms with Crippen LogP contribution in [0.5, 0.6) is 0 Å². The van der Waals surface area contributed by atoms with Gasteiger partial charge in [0.05, 0.1) is 50.3 Å². The van der Waals surface area contributed by atoms with Crippen molar-refractivity contribution in [2.45, 2.75) is 80.7 Å². The van der Waals surface area contributed by atoms with E-state index in [0.717, 1.165) is 13.4 Å². The normalized spacial score (nSPS) is 47.0. The Kier molecular flexibility index (Phi) is 9.08. The second-order valence-electron chi connectivity index (χ2n) is 9.68. The van der Waals surface area contributed by atoms with Gasteiger partial charge in [-0.15, -0.1) is 0 Å². The summed E-state index contributed by atoms with van der Waals surface area (Å²) >= 11 is 0. The quantitative estimate of drug-likeness (QED) is 0.110. The molecule has 4 rings (SSSR count). The molecule has 0 radical (unpaired) electrons. The summed E-state index contributed by atoms with van der Waals surface area (Å²) in [6.45, 7) is 0.495. The Morgan fingerprint density at radius 2 is 1.53 bits per heavy atom. The third-order valence-corrected chi connectivity index (χ3v) is 7.31. The summed E-state index contributed by atoms with van der Waals surface area (Å²) in [6.07, 6.45) is -14.7. The summed E-state index contributed by atoms with van der Waals surface area (Å²) in [5, 5.41) is 81.0. The van der Waals surface area contributed by atoms with Crippen LogP contribution in [-0.2, 0) is 33.2 Å². The lowest BCUT2D eigenvalue weighted by Crippen LogP contribution is -2.60. The zero-order valence-electron chi connectivity index (χ0n) is 20.6. The largest absolute Gasteiger partial charge is 0.471 e. The first-order valence-electron chi connectivity index (χ1n) is 12.1. The van der Waals surface area contributed by atoms with E-state index in [-0.39, 0.29) is 12.2 Å². The maximum Gasteiger partial charge on any atom is 0.337 e. The number of aliphatic hydroxyl groups is 8. The lowest BCUT2D eigenvalue weighted by atomic mass is 9.82. The van der Waals surface area contributed by atoms with Gasteiger partial charge in [0, 0.05) is 5.92 Å². The van der Waals surface area contributed by atoms with Crippen LogP contribution in [-0.4, -0.2) is 141 Å². The van der Waals surface area contributed by atoms with E-state index < -0.39 is 98.2 Å². The number of methoxy groups -OCH3 is 1. The van der Waals surface area contributed by atoms with Gasteiger partial charge in [0.25, 0.3) is 0 Å². The van der Waals surface area contributed by atoms with Crippen LogP contribution in [0.3, 0.4) is 0 Å². The number of carbonyl (C=O) groups is 1. The van der Waals surface area contributed by atoms with Gasteiger partial charge < -0.3 is 69.3 Å². The molecule has 0 saturated carbocycles. The molecule has 0 unspecified atom stereocenters. The van der Waals surface area contributed by atoms with Crippen molar-refractivity contribution in [3.8, 4) is 0 Å². The van der Waals surface area contributed by atoms with Gasteiger partial charge in [0.1, 0.15) is 42.7 Å². The fourth-order valence-electron chi connectivity index (χ4n) is 5.11. The summed E-state index contributed by atoms with van der Waals surface area (Å²) in [7, 11) is 1.15. The van der Waals surface area contributed by atoms with Gasteiger partial charge in [-0.2, -0.15) is 0 Å². The first kappa shape index (κ1) is 29.3. The molecule has 15 nitrogen and oxygen atoms in total. The topological polar surface area (TPSA) is 234 Å². The number of rotatable bonds is 7. The Labute approximate surface area is 217 Å². The predicted molar refractivity (Wildman–Crippen MR) is 119 cm³/mol. The van der Waals surface area contributed by atoms with E-state index in [1.807, 2.05) is 0 Å². The summed E-state index contributed by atoms with van der Waals surface area (Å²) < 4.78 is 32.7. The van der Waals surface area contributed by atoms with Crippen LogP contribution in [0.1, 0.15) is 6.92 Å². The fraction of sp³-hybridized carbons (Fsp3) is 0.783. The number of hydrogen-bond donors (Lipinski definition) is 8. The number of ether oxygens (including phenoxy) is 6. The van der Waals surface area contributed by atoms with Gasteiger partial charge in [-0.05, 0) is 12.5 Å². The number of carbonyl (C=O) groups excluding carboxylic acids is 1. The van der Waals surface area contributed by atoms with Crippen LogP contribution in [0.2, 0.25) is 0 Å². The van der Waals surface area contributed by atoms with Gasteiger partial charge >= 0.3 is 5.97 Å². The molecule has 0 amide bonds. The first-order chi connectivity index (χ1) is 18.0. The average Bonchev–Trinajstić information content (AvgIpc) is 3.25. The zero-order chi connectivity index (χ0) is 27.9. The standard InChI is InChI=1S/C23H34O15/c1-7-14(26)16(28)18(30)22(36-7)34-5-8-3-10(25)13-9(20(32)33-2)6-35-21(12(8)13)38-23-19(31)17(29)15(27)11(4-24)37-23/h3,6-7,10-19,21-31H,4-5H2,1-2H3/t7-,10+,11+,12-,13+,14-,15+,16+,17-,18+,19+,21-,22+,23-/m0/s1. The number of fused-ring (bicyclic) bond motifs is 1. The summed E-state index contributed by atoms with van der Waals surface area (Å²) in [6, 6.07) is 0. The molecule has 0 bridgehead atoms. The Morgan fingerprint density at radius 3 is 2.18 bits per heavy atom. The zero-order valence-corrected chi connectivity index (χ0v) is 20.6. The number of esters is 1. The van der Waals surface area contributed by atoms with Gasteiger partial charge in [-0.3, -0.25) is 0 Å². The molecule has 0 aromatic carbocycles. The highest BCUT2D eigenvalue weighted by atomic mass is 16.8. The molecule has 15 heteroatoms. The summed E-state index contributed by atoms with van der Waals surface area (Å²) in [5.74, 6) is -2.67. The van der Waals surface area contributed by atoms with Crippen LogP contribution < -0.4 is 0 Å². The minimum atomic E-state index is -1.74. The molecule has 2 saturated heterocycles. The summed E-state index contributed by atoms with van der Waals surface area (Å²) in [5.41, 5.74) is 0.307. The van der Waals surface area contributed by atoms with E-state index in [2.05, 4.69) is 0 Å². The maximum atomic E-state index is 12.4. The molecule has 2 fully saturated rings. The third kappa shape index (κ3) is 5.34. The van der Waals surface area contributed by atoms with Crippen LogP contribution in [0.15, 0.2) is 23.5 Å². The molecule has 14 atom stereocenters. The minimum absolute atomic E-state index is 0.0222. The first-order valence-corrected chi connectivity index (χ1v) is 12.1. The highest BCUT2D eigenvalue weighted by molar-refractivity contribution is 5.89. The van der Waals surface area contributed by atoms with Crippen LogP contribution >= 0.6 is 0 Å². The Morgan fingerprint density at radius 1 is 0.868 bits per heavy atom. The van der Waals surface area contributed by atoms with Crippen molar-refractivity contribution in [2.75, 3.05) is 20.3 Å². The lowest BCUT2D eigenvalue weighted by molar-refractivity contribution is -0.340. The average molecular weight is 551 g/mol. The molecule has 216 valence electrons. The van der Waals surface area contributed by atoms with Gasteiger partial charge in [-0.1, -0.05) is 6.08 Å². The highest BCUT2D eigenvalue weighted by Crippen LogP contribution is 2.45. The smallest absolute Gasteiger partial charge is 0.337 e.